The second-order valence-corrected chi connectivity index (χ2v) is 7.28. The van der Waals surface area contributed by atoms with Gasteiger partial charge in [-0.15, -0.1) is 11.3 Å². The highest BCUT2D eigenvalue weighted by Gasteiger charge is 2.17. The van der Waals surface area contributed by atoms with Crippen LogP contribution in [-0.2, 0) is 4.74 Å². The third-order valence-corrected chi connectivity index (χ3v) is 4.85. The fourth-order valence-electron chi connectivity index (χ4n) is 2.09. The molecule has 0 aromatic carbocycles. The van der Waals surface area contributed by atoms with Crippen LogP contribution >= 0.6 is 27.3 Å². The maximum atomic E-state index is 12.5. The lowest BCUT2D eigenvalue weighted by atomic mass is 10.2. The average molecular weight is 409 g/mol. The molecule has 0 bridgehead atoms. The fraction of sp³-hybridized carbons (Fsp3) is 0.200. The zero-order chi connectivity index (χ0) is 17.3. The number of esters is 1. The summed E-state index contributed by atoms with van der Waals surface area (Å²) in [5.74, 6) is -0.791. The van der Waals surface area contributed by atoms with E-state index in [1.807, 2.05) is 0 Å². The number of nitrogens with zero attached hydrogens (tertiary/aromatic N) is 3. The first kappa shape index (κ1) is 16.6. The van der Waals surface area contributed by atoms with Crippen molar-refractivity contribution in [2.45, 2.75) is 13.8 Å². The number of hydrogen-bond acceptors (Lipinski definition) is 6. The molecule has 9 heteroatoms. The summed E-state index contributed by atoms with van der Waals surface area (Å²) >= 11 is 4.78. The van der Waals surface area contributed by atoms with Crippen LogP contribution in [0.25, 0.3) is 4.83 Å². The molecule has 0 saturated carbocycles. The molecule has 0 saturated heterocycles. The van der Waals surface area contributed by atoms with Crippen LogP contribution in [0.4, 0.5) is 5.69 Å². The molecule has 7 nitrogen and oxygen atoms in total. The molecule has 0 aliphatic carbocycles. The van der Waals surface area contributed by atoms with E-state index in [1.165, 1.54) is 23.7 Å². The maximum absolute atomic E-state index is 12.5. The Morgan fingerprint density at radius 2 is 2.21 bits per heavy atom. The van der Waals surface area contributed by atoms with E-state index in [9.17, 15) is 9.59 Å². The van der Waals surface area contributed by atoms with Crippen LogP contribution in [0, 0.1) is 6.92 Å². The zero-order valence-corrected chi connectivity index (χ0v) is 15.3. The van der Waals surface area contributed by atoms with Crippen molar-refractivity contribution in [3.63, 3.8) is 0 Å². The number of carbonyl (C=O) groups excluding carboxylic acids is 2. The molecule has 3 heterocycles. The highest BCUT2D eigenvalue weighted by molar-refractivity contribution is 9.11. The number of thiazole rings is 1. The van der Waals surface area contributed by atoms with Crippen molar-refractivity contribution in [1.29, 1.82) is 0 Å². The molecule has 0 fully saturated rings. The second kappa shape index (κ2) is 6.70. The molecule has 1 amide bonds. The fourth-order valence-corrected chi connectivity index (χ4v) is 3.53. The Hall–Kier alpha value is -2.26. The molecule has 124 valence electrons. The second-order valence-electron chi connectivity index (χ2n) is 4.87. The number of hydrogen-bond donors (Lipinski definition) is 1. The first-order valence-corrected chi connectivity index (χ1v) is 8.68. The van der Waals surface area contributed by atoms with Crippen molar-refractivity contribution in [1.82, 2.24) is 14.6 Å². The van der Waals surface area contributed by atoms with Crippen LogP contribution in [0.2, 0.25) is 0 Å². The van der Waals surface area contributed by atoms with Crippen LogP contribution in [0.5, 0.6) is 0 Å². The van der Waals surface area contributed by atoms with Gasteiger partial charge in [-0.05, 0) is 35.8 Å². The molecular weight excluding hydrogens is 396 g/mol. The SMILES string of the molecule is CCOC(=O)c1cnc(C)c(NC(=O)c2cnn3cc(Br)sc23)c1. The Bertz CT molecular complexity index is 934. The van der Waals surface area contributed by atoms with Crippen molar-refractivity contribution in [3.8, 4) is 0 Å². The van der Waals surface area contributed by atoms with Gasteiger partial charge in [-0.25, -0.2) is 9.31 Å². The molecule has 0 aliphatic rings. The summed E-state index contributed by atoms with van der Waals surface area (Å²) in [6, 6.07) is 1.56. The summed E-state index contributed by atoms with van der Waals surface area (Å²) in [6.07, 6.45) is 4.72. The third kappa shape index (κ3) is 3.17. The van der Waals surface area contributed by atoms with Gasteiger partial charge in [-0.2, -0.15) is 5.10 Å². The summed E-state index contributed by atoms with van der Waals surface area (Å²) in [6.45, 7) is 3.75. The molecule has 1 N–H and O–H groups in total. The van der Waals surface area contributed by atoms with Crippen LogP contribution < -0.4 is 5.32 Å². The van der Waals surface area contributed by atoms with Crippen LogP contribution in [-0.4, -0.2) is 33.1 Å². The van der Waals surface area contributed by atoms with Gasteiger partial charge in [0.1, 0.15) is 4.83 Å². The van der Waals surface area contributed by atoms with Crippen molar-refractivity contribution in [2.24, 2.45) is 0 Å². The number of pyridine rings is 1. The van der Waals surface area contributed by atoms with E-state index >= 15 is 0 Å². The van der Waals surface area contributed by atoms with Crippen molar-refractivity contribution >= 4 is 49.7 Å². The Balaban J connectivity index is 1.88. The topological polar surface area (TPSA) is 85.6 Å². The van der Waals surface area contributed by atoms with E-state index in [0.717, 1.165) is 8.62 Å². The predicted octanol–water partition coefficient (Wildman–Crippen LogP) is 3.29. The highest BCUT2D eigenvalue weighted by Crippen LogP contribution is 2.26. The minimum absolute atomic E-state index is 0.274. The summed E-state index contributed by atoms with van der Waals surface area (Å²) in [4.78, 5) is 29.2. The molecule has 3 aromatic heterocycles. The van der Waals surface area contributed by atoms with E-state index in [4.69, 9.17) is 4.74 Å². The van der Waals surface area contributed by atoms with Crippen LogP contribution in [0.15, 0.2) is 28.4 Å². The lowest BCUT2D eigenvalue weighted by molar-refractivity contribution is 0.0525. The van der Waals surface area contributed by atoms with Gasteiger partial charge < -0.3 is 10.1 Å². The number of carbonyl (C=O) groups is 2. The largest absolute Gasteiger partial charge is 0.462 e. The van der Waals surface area contributed by atoms with Crippen molar-refractivity contribution in [3.05, 3.63) is 45.3 Å². The number of aromatic nitrogens is 3. The van der Waals surface area contributed by atoms with Gasteiger partial charge >= 0.3 is 5.97 Å². The van der Waals surface area contributed by atoms with Gasteiger partial charge in [0.05, 0.1) is 45.3 Å². The number of anilines is 1. The minimum atomic E-state index is -0.476. The molecule has 3 rings (SSSR count). The van der Waals surface area contributed by atoms with Crippen LogP contribution in [0.1, 0.15) is 33.3 Å². The Morgan fingerprint density at radius 3 is 2.96 bits per heavy atom. The molecule has 0 radical (unpaired) electrons. The predicted molar refractivity (Wildman–Crippen MR) is 93.7 cm³/mol. The zero-order valence-electron chi connectivity index (χ0n) is 12.9. The number of fused-ring (bicyclic) bond motifs is 1. The van der Waals surface area contributed by atoms with E-state index < -0.39 is 5.97 Å². The number of aryl methyl sites for hydroxylation is 1. The summed E-state index contributed by atoms with van der Waals surface area (Å²) in [7, 11) is 0. The molecule has 0 atom stereocenters. The lowest BCUT2D eigenvalue weighted by Crippen LogP contribution is -2.14. The van der Waals surface area contributed by atoms with E-state index in [1.54, 1.807) is 30.6 Å². The molecule has 0 aliphatic heterocycles. The smallest absolute Gasteiger partial charge is 0.339 e. The first-order chi connectivity index (χ1) is 11.5. The van der Waals surface area contributed by atoms with Gasteiger partial charge in [0.15, 0.2) is 0 Å². The molecular formula is C15H13BrN4O3S. The quantitative estimate of drug-likeness (QED) is 0.669. The van der Waals surface area contributed by atoms with E-state index in [0.29, 0.717) is 16.9 Å². The first-order valence-electron chi connectivity index (χ1n) is 7.07. The molecule has 0 unspecified atom stereocenters. The number of halogens is 1. The van der Waals surface area contributed by atoms with Crippen molar-refractivity contribution < 1.29 is 14.3 Å². The van der Waals surface area contributed by atoms with Gasteiger partial charge in [-0.3, -0.25) is 9.78 Å². The van der Waals surface area contributed by atoms with Crippen LogP contribution in [0.3, 0.4) is 0 Å². The molecule has 24 heavy (non-hydrogen) atoms. The minimum Gasteiger partial charge on any atom is -0.462 e. The van der Waals surface area contributed by atoms with Gasteiger partial charge in [0, 0.05) is 6.20 Å². The summed E-state index contributed by atoms with van der Waals surface area (Å²) in [5.41, 5.74) is 1.80. The monoisotopic (exact) mass is 408 g/mol. The number of ether oxygens (including phenoxy) is 1. The maximum Gasteiger partial charge on any atom is 0.339 e. The Morgan fingerprint density at radius 1 is 1.42 bits per heavy atom. The molecule has 0 spiro atoms. The average Bonchev–Trinajstić information content (AvgIpc) is 3.08. The van der Waals surface area contributed by atoms with E-state index in [-0.39, 0.29) is 18.1 Å². The Labute approximate surface area is 149 Å². The molecule has 3 aromatic rings. The summed E-state index contributed by atoms with van der Waals surface area (Å²) < 4.78 is 7.46. The van der Waals surface area contributed by atoms with Gasteiger partial charge in [0.2, 0.25) is 0 Å². The van der Waals surface area contributed by atoms with Crippen molar-refractivity contribution in [2.75, 3.05) is 11.9 Å². The standard InChI is InChI=1S/C15H13BrN4O3S/c1-3-23-15(22)9-4-11(8(2)17-5-9)19-13(21)10-6-18-20-7-12(16)24-14(10)20/h4-7H,3H2,1-2H3,(H,19,21). The number of amides is 1. The van der Waals surface area contributed by atoms with E-state index in [2.05, 4.69) is 31.3 Å². The summed E-state index contributed by atoms with van der Waals surface area (Å²) in [5, 5.41) is 6.92. The third-order valence-electron chi connectivity index (χ3n) is 3.26. The highest BCUT2D eigenvalue weighted by atomic mass is 79.9. The van der Waals surface area contributed by atoms with Gasteiger partial charge in [-0.1, -0.05) is 0 Å². The number of rotatable bonds is 4. The number of nitrogens with one attached hydrogen (secondary N) is 1. The Kier molecular flexibility index (Phi) is 4.63. The van der Waals surface area contributed by atoms with Gasteiger partial charge in [0.25, 0.3) is 5.91 Å². The lowest BCUT2D eigenvalue weighted by Gasteiger charge is -2.09. The normalized spacial score (nSPS) is 10.8.